The second-order valence-electron chi connectivity index (χ2n) is 4.34. The normalized spacial score (nSPS) is 12.4. The van der Waals surface area contributed by atoms with E-state index in [4.69, 9.17) is 11.6 Å². The van der Waals surface area contributed by atoms with E-state index in [9.17, 15) is 0 Å². The second-order valence-corrected chi connectivity index (χ2v) is 4.34. The predicted molar refractivity (Wildman–Crippen MR) is 71.5 cm³/mol. The zero-order chi connectivity index (χ0) is 13.1. The molecule has 94 valence electrons. The van der Waals surface area contributed by atoms with Crippen molar-refractivity contribution in [1.82, 2.24) is 15.4 Å². The van der Waals surface area contributed by atoms with Crippen molar-refractivity contribution in [2.24, 2.45) is 5.84 Å². The lowest BCUT2D eigenvalue weighted by atomic mass is 10.0. The van der Waals surface area contributed by atoms with Gasteiger partial charge in [0.05, 0.1) is 11.7 Å². The summed E-state index contributed by atoms with van der Waals surface area (Å²) in [5.74, 6) is 6.10. The minimum absolute atomic E-state index is 0.253. The minimum atomic E-state index is -0.253. The topological polar surface area (TPSA) is 89.8 Å². The van der Waals surface area contributed by atoms with Crippen LogP contribution in [0.1, 0.15) is 28.4 Å². The summed E-state index contributed by atoms with van der Waals surface area (Å²) in [4.78, 5) is 8.48. The number of anilines is 1. The van der Waals surface area contributed by atoms with Gasteiger partial charge in [-0.15, -0.1) is 0 Å². The number of hydrogen-bond donors (Lipinski definition) is 3. The van der Waals surface area contributed by atoms with E-state index in [2.05, 4.69) is 15.4 Å². The third-order valence-corrected chi connectivity index (χ3v) is 2.80. The molecule has 1 atom stereocenters. The molecular formula is C13H17N5. The van der Waals surface area contributed by atoms with Crippen LogP contribution in [0.5, 0.6) is 0 Å². The van der Waals surface area contributed by atoms with Crippen LogP contribution in [0, 0.1) is 13.8 Å². The molecule has 5 heteroatoms. The maximum Gasteiger partial charge on any atom is 0.128 e. The standard InChI is InChI=1S/C13H17N5/c1-8-3-4-16-11(6-8)12(18-15)10-5-9(2)7-17-13(10)14/h3-7,12,18H,15H2,1-2H3,(H2,14,17). The molecule has 0 saturated carbocycles. The number of nitrogen functional groups attached to an aromatic ring is 1. The smallest absolute Gasteiger partial charge is 0.128 e. The first-order valence-corrected chi connectivity index (χ1v) is 5.72. The molecule has 2 aromatic heterocycles. The van der Waals surface area contributed by atoms with Crippen molar-refractivity contribution in [3.63, 3.8) is 0 Å². The van der Waals surface area contributed by atoms with Gasteiger partial charge in [0.25, 0.3) is 0 Å². The van der Waals surface area contributed by atoms with E-state index in [1.807, 2.05) is 32.0 Å². The number of nitrogens with one attached hydrogen (secondary N) is 1. The molecule has 0 saturated heterocycles. The lowest BCUT2D eigenvalue weighted by molar-refractivity contribution is 0.619. The molecule has 5 N–H and O–H groups in total. The Balaban J connectivity index is 2.48. The van der Waals surface area contributed by atoms with E-state index in [0.29, 0.717) is 5.82 Å². The largest absolute Gasteiger partial charge is 0.383 e. The van der Waals surface area contributed by atoms with Gasteiger partial charge < -0.3 is 5.73 Å². The first-order chi connectivity index (χ1) is 8.61. The number of nitrogens with zero attached hydrogens (tertiary/aromatic N) is 2. The van der Waals surface area contributed by atoms with Crippen molar-refractivity contribution in [1.29, 1.82) is 0 Å². The summed E-state index contributed by atoms with van der Waals surface area (Å²) in [6.45, 7) is 3.98. The second kappa shape index (κ2) is 5.12. The van der Waals surface area contributed by atoms with Crippen molar-refractivity contribution >= 4 is 5.82 Å². The maximum absolute atomic E-state index is 5.91. The van der Waals surface area contributed by atoms with E-state index in [1.54, 1.807) is 12.4 Å². The van der Waals surface area contributed by atoms with E-state index in [0.717, 1.165) is 22.4 Å². The van der Waals surface area contributed by atoms with Crippen molar-refractivity contribution in [2.75, 3.05) is 5.73 Å². The zero-order valence-corrected chi connectivity index (χ0v) is 10.5. The molecule has 0 aromatic carbocycles. The molecule has 2 rings (SSSR count). The minimum Gasteiger partial charge on any atom is -0.383 e. The van der Waals surface area contributed by atoms with Gasteiger partial charge in [-0.25, -0.2) is 10.4 Å². The average molecular weight is 243 g/mol. The van der Waals surface area contributed by atoms with Crippen molar-refractivity contribution < 1.29 is 0 Å². The number of pyridine rings is 2. The van der Waals surface area contributed by atoms with Gasteiger partial charge in [0, 0.05) is 18.0 Å². The van der Waals surface area contributed by atoms with Gasteiger partial charge in [-0.3, -0.25) is 10.8 Å². The molecule has 2 aromatic rings. The Morgan fingerprint density at radius 3 is 2.61 bits per heavy atom. The van der Waals surface area contributed by atoms with Gasteiger partial charge in [-0.05, 0) is 43.2 Å². The molecular weight excluding hydrogens is 226 g/mol. The van der Waals surface area contributed by atoms with Crippen LogP contribution in [-0.4, -0.2) is 9.97 Å². The van der Waals surface area contributed by atoms with Crippen LogP contribution < -0.4 is 17.0 Å². The van der Waals surface area contributed by atoms with Crippen LogP contribution in [0.15, 0.2) is 30.6 Å². The molecule has 0 amide bonds. The summed E-state index contributed by atoms with van der Waals surface area (Å²) in [5, 5.41) is 0. The first-order valence-electron chi connectivity index (χ1n) is 5.72. The van der Waals surface area contributed by atoms with E-state index >= 15 is 0 Å². The number of nitrogens with two attached hydrogens (primary N) is 2. The van der Waals surface area contributed by atoms with Crippen molar-refractivity contribution in [2.45, 2.75) is 19.9 Å². The van der Waals surface area contributed by atoms with Crippen molar-refractivity contribution in [3.05, 3.63) is 53.0 Å². The van der Waals surface area contributed by atoms with Crippen LogP contribution in [0.2, 0.25) is 0 Å². The molecule has 1 unspecified atom stereocenters. The van der Waals surface area contributed by atoms with Crippen molar-refractivity contribution in [3.8, 4) is 0 Å². The lowest BCUT2D eigenvalue weighted by Crippen LogP contribution is -2.30. The Labute approximate surface area is 106 Å². The Bertz CT molecular complexity index is 553. The molecule has 0 bridgehead atoms. The number of hydrazine groups is 1. The van der Waals surface area contributed by atoms with Gasteiger partial charge in [0.15, 0.2) is 0 Å². The summed E-state index contributed by atoms with van der Waals surface area (Å²) >= 11 is 0. The van der Waals surface area contributed by atoms with Gasteiger partial charge in [-0.1, -0.05) is 0 Å². The van der Waals surface area contributed by atoms with E-state index in [-0.39, 0.29) is 6.04 Å². The lowest BCUT2D eigenvalue weighted by Gasteiger charge is -2.18. The third-order valence-electron chi connectivity index (χ3n) is 2.80. The number of aromatic nitrogens is 2. The molecule has 0 aliphatic heterocycles. The molecule has 0 aliphatic rings. The first kappa shape index (κ1) is 12.5. The highest BCUT2D eigenvalue weighted by Crippen LogP contribution is 2.24. The van der Waals surface area contributed by atoms with Crippen LogP contribution >= 0.6 is 0 Å². The molecule has 0 radical (unpaired) electrons. The summed E-state index contributed by atoms with van der Waals surface area (Å²) < 4.78 is 0. The van der Waals surface area contributed by atoms with Gasteiger partial charge in [0.1, 0.15) is 5.82 Å². The van der Waals surface area contributed by atoms with E-state index < -0.39 is 0 Å². The van der Waals surface area contributed by atoms with Gasteiger partial charge in [0.2, 0.25) is 0 Å². The monoisotopic (exact) mass is 243 g/mol. The quantitative estimate of drug-likeness (QED) is 0.557. The number of hydrogen-bond acceptors (Lipinski definition) is 5. The summed E-state index contributed by atoms with van der Waals surface area (Å²) in [6.07, 6.45) is 3.49. The molecule has 5 nitrogen and oxygen atoms in total. The Morgan fingerprint density at radius 2 is 1.94 bits per heavy atom. The fourth-order valence-electron chi connectivity index (χ4n) is 1.89. The Hall–Kier alpha value is -1.98. The highest BCUT2D eigenvalue weighted by Gasteiger charge is 2.17. The number of aryl methyl sites for hydroxylation is 2. The summed E-state index contributed by atoms with van der Waals surface area (Å²) in [6, 6.07) is 5.63. The molecule has 0 aliphatic carbocycles. The van der Waals surface area contributed by atoms with Gasteiger partial charge >= 0.3 is 0 Å². The van der Waals surface area contributed by atoms with Crippen LogP contribution in [-0.2, 0) is 0 Å². The molecule has 18 heavy (non-hydrogen) atoms. The summed E-state index contributed by atoms with van der Waals surface area (Å²) in [7, 11) is 0. The predicted octanol–water partition coefficient (Wildman–Crippen LogP) is 1.23. The average Bonchev–Trinajstić information content (AvgIpc) is 2.35. The SMILES string of the molecule is Cc1ccnc(C(NN)c2cc(C)cnc2N)c1. The molecule has 2 heterocycles. The van der Waals surface area contributed by atoms with E-state index in [1.165, 1.54) is 0 Å². The van der Waals surface area contributed by atoms with Crippen LogP contribution in [0.3, 0.4) is 0 Å². The molecule has 0 fully saturated rings. The number of rotatable bonds is 3. The zero-order valence-electron chi connectivity index (χ0n) is 10.5. The highest BCUT2D eigenvalue weighted by atomic mass is 15.2. The Kier molecular flexibility index (Phi) is 3.55. The van der Waals surface area contributed by atoms with Gasteiger partial charge in [-0.2, -0.15) is 0 Å². The van der Waals surface area contributed by atoms with Crippen LogP contribution in [0.25, 0.3) is 0 Å². The molecule has 0 spiro atoms. The highest BCUT2D eigenvalue weighted by molar-refractivity contribution is 5.46. The maximum atomic E-state index is 5.91. The van der Waals surface area contributed by atoms with Crippen LogP contribution in [0.4, 0.5) is 5.82 Å². The fraction of sp³-hybridized carbons (Fsp3) is 0.231. The Morgan fingerprint density at radius 1 is 1.17 bits per heavy atom. The summed E-state index contributed by atoms with van der Waals surface area (Å²) in [5.41, 5.74) is 12.5. The third kappa shape index (κ3) is 2.47. The fourth-order valence-corrected chi connectivity index (χ4v) is 1.89.